The third-order valence-corrected chi connectivity index (χ3v) is 3.84. The lowest BCUT2D eigenvalue weighted by atomic mass is 10.1. The normalized spacial score (nSPS) is 16.7. The standard InChI is InChI=1S/C15H23N3O2/c1-4-13-9-12(15(19)20)10-14(16-13)18-7-5-17(6-8-18)11(2)3/h9-11H,4-8H2,1-3H3,(H,19,20). The van der Waals surface area contributed by atoms with Crippen LogP contribution in [0.5, 0.6) is 0 Å². The fourth-order valence-electron chi connectivity index (χ4n) is 2.51. The summed E-state index contributed by atoms with van der Waals surface area (Å²) in [7, 11) is 0. The molecule has 0 saturated carbocycles. The first kappa shape index (κ1) is 14.8. The van der Waals surface area contributed by atoms with Crippen molar-refractivity contribution >= 4 is 11.8 Å². The highest BCUT2D eigenvalue weighted by Gasteiger charge is 2.21. The van der Waals surface area contributed by atoms with Crippen molar-refractivity contribution in [3.8, 4) is 0 Å². The Hall–Kier alpha value is -1.62. The lowest BCUT2D eigenvalue weighted by Gasteiger charge is -2.37. The zero-order valence-electron chi connectivity index (χ0n) is 12.5. The predicted octanol–water partition coefficient (Wildman–Crippen LogP) is 1.87. The quantitative estimate of drug-likeness (QED) is 0.910. The number of hydrogen-bond donors (Lipinski definition) is 1. The number of aryl methyl sites for hydroxylation is 1. The van der Waals surface area contributed by atoms with Gasteiger partial charge in [-0.3, -0.25) is 4.90 Å². The summed E-state index contributed by atoms with van der Waals surface area (Å²) in [6.45, 7) is 10.2. The third-order valence-electron chi connectivity index (χ3n) is 3.84. The Morgan fingerprint density at radius 3 is 2.45 bits per heavy atom. The van der Waals surface area contributed by atoms with Gasteiger partial charge in [-0.2, -0.15) is 0 Å². The highest BCUT2D eigenvalue weighted by molar-refractivity contribution is 5.88. The van der Waals surface area contributed by atoms with Gasteiger partial charge in [0.2, 0.25) is 0 Å². The molecule has 1 fully saturated rings. The average molecular weight is 277 g/mol. The molecule has 2 heterocycles. The molecule has 20 heavy (non-hydrogen) atoms. The van der Waals surface area contributed by atoms with E-state index < -0.39 is 5.97 Å². The molecule has 1 N–H and O–H groups in total. The van der Waals surface area contributed by atoms with Gasteiger partial charge >= 0.3 is 5.97 Å². The van der Waals surface area contributed by atoms with Crippen LogP contribution in [0.3, 0.4) is 0 Å². The lowest BCUT2D eigenvalue weighted by Crippen LogP contribution is -2.49. The molecule has 0 radical (unpaired) electrons. The highest BCUT2D eigenvalue weighted by atomic mass is 16.4. The molecule has 0 amide bonds. The molecule has 1 aromatic heterocycles. The lowest BCUT2D eigenvalue weighted by molar-refractivity contribution is 0.0696. The van der Waals surface area contributed by atoms with E-state index in [2.05, 4.69) is 28.6 Å². The second kappa shape index (κ2) is 6.22. The molecule has 5 heteroatoms. The number of anilines is 1. The number of nitrogens with zero attached hydrogens (tertiary/aromatic N) is 3. The number of piperazine rings is 1. The Bertz CT molecular complexity index is 480. The van der Waals surface area contributed by atoms with Crippen LogP contribution in [0.2, 0.25) is 0 Å². The molecule has 5 nitrogen and oxygen atoms in total. The largest absolute Gasteiger partial charge is 0.478 e. The van der Waals surface area contributed by atoms with Gasteiger partial charge in [-0.15, -0.1) is 0 Å². The van der Waals surface area contributed by atoms with E-state index in [1.165, 1.54) is 0 Å². The van der Waals surface area contributed by atoms with Gasteiger partial charge in [0.15, 0.2) is 0 Å². The van der Waals surface area contributed by atoms with E-state index >= 15 is 0 Å². The smallest absolute Gasteiger partial charge is 0.335 e. The molecule has 0 aromatic carbocycles. The fraction of sp³-hybridized carbons (Fsp3) is 0.600. The number of carboxylic acid groups (broad SMARTS) is 1. The van der Waals surface area contributed by atoms with E-state index in [-0.39, 0.29) is 0 Å². The van der Waals surface area contributed by atoms with Crippen LogP contribution in [-0.2, 0) is 6.42 Å². The van der Waals surface area contributed by atoms with Crippen molar-refractivity contribution in [3.05, 3.63) is 23.4 Å². The van der Waals surface area contributed by atoms with Crippen molar-refractivity contribution in [2.75, 3.05) is 31.1 Å². The molecular weight excluding hydrogens is 254 g/mol. The third kappa shape index (κ3) is 3.28. The monoisotopic (exact) mass is 277 g/mol. The first-order valence-electron chi connectivity index (χ1n) is 7.24. The molecule has 1 aromatic rings. The predicted molar refractivity (Wildman–Crippen MR) is 79.5 cm³/mol. The zero-order valence-corrected chi connectivity index (χ0v) is 12.5. The molecule has 110 valence electrons. The minimum Gasteiger partial charge on any atom is -0.478 e. The number of aromatic nitrogens is 1. The number of aromatic carboxylic acids is 1. The Morgan fingerprint density at radius 2 is 1.95 bits per heavy atom. The molecule has 1 aliphatic heterocycles. The van der Waals surface area contributed by atoms with Gasteiger partial charge in [0, 0.05) is 37.9 Å². The van der Waals surface area contributed by atoms with Gasteiger partial charge < -0.3 is 10.0 Å². The van der Waals surface area contributed by atoms with Crippen LogP contribution in [-0.4, -0.2) is 53.2 Å². The van der Waals surface area contributed by atoms with E-state index in [0.29, 0.717) is 11.6 Å². The molecule has 0 aliphatic carbocycles. The van der Waals surface area contributed by atoms with Crippen LogP contribution in [0, 0.1) is 0 Å². The van der Waals surface area contributed by atoms with Gasteiger partial charge in [0.25, 0.3) is 0 Å². The maximum atomic E-state index is 11.2. The molecule has 1 saturated heterocycles. The van der Waals surface area contributed by atoms with Gasteiger partial charge in [-0.1, -0.05) is 6.92 Å². The molecule has 0 bridgehead atoms. The fourth-order valence-corrected chi connectivity index (χ4v) is 2.51. The van der Waals surface area contributed by atoms with Crippen LogP contribution in [0.1, 0.15) is 36.8 Å². The van der Waals surface area contributed by atoms with Crippen molar-refractivity contribution in [2.45, 2.75) is 33.2 Å². The van der Waals surface area contributed by atoms with Crippen molar-refractivity contribution in [1.29, 1.82) is 0 Å². The molecular formula is C15H23N3O2. The topological polar surface area (TPSA) is 56.7 Å². The highest BCUT2D eigenvalue weighted by Crippen LogP contribution is 2.18. The van der Waals surface area contributed by atoms with Crippen molar-refractivity contribution < 1.29 is 9.90 Å². The number of hydrogen-bond acceptors (Lipinski definition) is 4. The maximum absolute atomic E-state index is 11.2. The molecule has 0 atom stereocenters. The number of pyridine rings is 1. The Kier molecular flexibility index (Phi) is 4.60. The minimum absolute atomic E-state index is 0.332. The van der Waals surface area contributed by atoms with Gasteiger partial charge in [-0.25, -0.2) is 9.78 Å². The van der Waals surface area contributed by atoms with Crippen molar-refractivity contribution in [1.82, 2.24) is 9.88 Å². The number of carbonyl (C=O) groups is 1. The van der Waals surface area contributed by atoms with Crippen LogP contribution >= 0.6 is 0 Å². The molecule has 1 aliphatic rings. The van der Waals surface area contributed by atoms with E-state index in [9.17, 15) is 9.90 Å². The number of rotatable bonds is 4. The van der Waals surface area contributed by atoms with Crippen molar-refractivity contribution in [3.63, 3.8) is 0 Å². The molecule has 0 unspecified atom stereocenters. The molecule has 0 spiro atoms. The summed E-state index contributed by atoms with van der Waals surface area (Å²) in [6, 6.07) is 3.91. The van der Waals surface area contributed by atoms with Gasteiger partial charge in [0.1, 0.15) is 5.82 Å². The SMILES string of the molecule is CCc1cc(C(=O)O)cc(N2CCN(C(C)C)CC2)n1. The summed E-state index contributed by atoms with van der Waals surface area (Å²) in [6.07, 6.45) is 0.750. The van der Waals surface area contributed by atoms with Gasteiger partial charge in [0.05, 0.1) is 5.56 Å². The summed E-state index contributed by atoms with van der Waals surface area (Å²) in [5.41, 5.74) is 1.17. The minimum atomic E-state index is -0.885. The van der Waals surface area contributed by atoms with Crippen LogP contribution in [0.25, 0.3) is 0 Å². The summed E-state index contributed by atoms with van der Waals surface area (Å²) >= 11 is 0. The van der Waals surface area contributed by atoms with Crippen LogP contribution in [0.4, 0.5) is 5.82 Å². The average Bonchev–Trinajstić information content (AvgIpc) is 2.46. The Labute approximate surface area is 120 Å². The summed E-state index contributed by atoms with van der Waals surface area (Å²) in [5.74, 6) is -0.0886. The van der Waals surface area contributed by atoms with E-state index in [4.69, 9.17) is 0 Å². The van der Waals surface area contributed by atoms with E-state index in [1.807, 2.05) is 6.92 Å². The van der Waals surface area contributed by atoms with E-state index in [1.54, 1.807) is 12.1 Å². The van der Waals surface area contributed by atoms with Crippen LogP contribution < -0.4 is 4.90 Å². The second-order valence-electron chi connectivity index (χ2n) is 5.48. The summed E-state index contributed by atoms with van der Waals surface area (Å²) < 4.78 is 0. The zero-order chi connectivity index (χ0) is 14.7. The second-order valence-corrected chi connectivity index (χ2v) is 5.48. The summed E-state index contributed by atoms with van der Waals surface area (Å²) in [4.78, 5) is 20.4. The van der Waals surface area contributed by atoms with E-state index in [0.717, 1.165) is 44.1 Å². The Balaban J connectivity index is 2.17. The van der Waals surface area contributed by atoms with Crippen molar-refractivity contribution in [2.24, 2.45) is 0 Å². The number of carboxylic acids is 1. The first-order valence-corrected chi connectivity index (χ1v) is 7.24. The maximum Gasteiger partial charge on any atom is 0.335 e. The van der Waals surface area contributed by atoms with Gasteiger partial charge in [-0.05, 0) is 32.4 Å². The van der Waals surface area contributed by atoms with Crippen LogP contribution in [0.15, 0.2) is 12.1 Å². The molecule has 2 rings (SSSR count). The first-order chi connectivity index (χ1) is 9.51. The summed E-state index contributed by atoms with van der Waals surface area (Å²) in [5, 5.41) is 9.19. The Morgan fingerprint density at radius 1 is 1.30 bits per heavy atom.